The first-order valence-corrected chi connectivity index (χ1v) is 25.6. The Kier molecular flexibility index (Phi) is 16.2. The van der Waals surface area contributed by atoms with Gasteiger partial charge in [0.1, 0.15) is 35.9 Å². The molecule has 0 spiro atoms. The second-order valence-electron chi connectivity index (χ2n) is 18.3. The lowest BCUT2D eigenvalue weighted by atomic mass is 9.85. The number of carbonyl (C=O) groups is 3. The van der Waals surface area contributed by atoms with Crippen molar-refractivity contribution in [1.29, 1.82) is 0 Å². The number of benzene rings is 4. The molecule has 6 aromatic rings. The van der Waals surface area contributed by atoms with E-state index in [-0.39, 0.29) is 30.0 Å². The van der Waals surface area contributed by atoms with E-state index < -0.39 is 17.5 Å². The van der Waals surface area contributed by atoms with Crippen LogP contribution in [0, 0.1) is 12.3 Å². The lowest BCUT2D eigenvalue weighted by Gasteiger charge is -2.37. The number of aryl methyl sites for hydroxylation is 1. The topological polar surface area (TPSA) is 146 Å². The Labute approximate surface area is 414 Å². The molecular formula is C52H59BrN6O7S2. The zero-order valence-electron chi connectivity index (χ0n) is 39.0. The summed E-state index contributed by atoms with van der Waals surface area (Å²) in [6.07, 6.45) is 1.31. The van der Waals surface area contributed by atoms with E-state index in [4.69, 9.17) is 14.2 Å². The second kappa shape index (κ2) is 22.4. The van der Waals surface area contributed by atoms with Crippen molar-refractivity contribution in [2.24, 2.45) is 5.41 Å². The molecule has 0 aliphatic carbocycles. The van der Waals surface area contributed by atoms with Crippen LogP contribution in [-0.4, -0.2) is 120 Å². The Bertz CT molecular complexity index is 2660. The summed E-state index contributed by atoms with van der Waals surface area (Å²) in [5.74, 6) is 1.76. The Morgan fingerprint density at radius 2 is 1.54 bits per heavy atom. The molecule has 1 unspecified atom stereocenters. The molecule has 13 nitrogen and oxygen atoms in total. The molecule has 2 aliphatic heterocycles. The van der Waals surface area contributed by atoms with Gasteiger partial charge in [-0.3, -0.25) is 24.2 Å². The van der Waals surface area contributed by atoms with Gasteiger partial charge < -0.3 is 34.9 Å². The number of aromatic nitrogens is 1. The predicted molar refractivity (Wildman–Crippen MR) is 273 cm³/mol. The van der Waals surface area contributed by atoms with Crippen molar-refractivity contribution >= 4 is 66.4 Å². The fourth-order valence-electron chi connectivity index (χ4n) is 8.55. The lowest BCUT2D eigenvalue weighted by Crippen LogP contribution is -2.59. The summed E-state index contributed by atoms with van der Waals surface area (Å²) in [7, 11) is 0. The molecule has 3 N–H and O–H groups in total. The molecule has 2 aliphatic rings. The molecule has 0 bridgehead atoms. The van der Waals surface area contributed by atoms with Crippen LogP contribution in [0.5, 0.6) is 23.0 Å². The smallest absolute Gasteiger partial charge is 0.246 e. The fourth-order valence-corrected chi connectivity index (χ4v) is 10.8. The quantitative estimate of drug-likeness (QED) is 0.0713. The molecule has 2 fully saturated rings. The highest BCUT2D eigenvalue weighted by atomic mass is 79.9. The van der Waals surface area contributed by atoms with Gasteiger partial charge >= 0.3 is 0 Å². The summed E-state index contributed by atoms with van der Waals surface area (Å²) in [4.78, 5) is 53.6. The van der Waals surface area contributed by atoms with Crippen molar-refractivity contribution in [2.45, 2.75) is 59.2 Å². The number of nitrogens with one attached hydrogen (secondary N) is 2. The maximum atomic E-state index is 14.1. The van der Waals surface area contributed by atoms with Gasteiger partial charge in [0.25, 0.3) is 0 Å². The maximum absolute atomic E-state index is 14.1. The largest absolute Gasteiger partial charge is 0.508 e. The SMILES string of the molecule is Cc1ncsc1-c1ccc(CNC(=O)[C@@H]2CCCN2C(=O)C(NC(=O)CN2CCN(CCOCCOc3ccc(Oc4c(-c5ccc(Br)cc5)sc5cc(O)ccc45)cc3)CC2)C(C)(C)C)cc1. The average molecular weight is 1020 g/mol. The van der Waals surface area contributed by atoms with Crippen LogP contribution in [0.3, 0.4) is 0 Å². The molecule has 2 saturated heterocycles. The van der Waals surface area contributed by atoms with Crippen LogP contribution in [0.4, 0.5) is 0 Å². The zero-order valence-corrected chi connectivity index (χ0v) is 42.2. The van der Waals surface area contributed by atoms with Crippen LogP contribution in [0.2, 0.25) is 0 Å². The van der Waals surface area contributed by atoms with Gasteiger partial charge in [0.15, 0.2) is 5.75 Å². The van der Waals surface area contributed by atoms with Gasteiger partial charge in [-0.25, -0.2) is 4.98 Å². The molecule has 0 radical (unpaired) electrons. The van der Waals surface area contributed by atoms with E-state index in [1.165, 1.54) is 0 Å². The van der Waals surface area contributed by atoms with Gasteiger partial charge in [-0.05, 0) is 96.5 Å². The van der Waals surface area contributed by atoms with Crippen molar-refractivity contribution < 1.29 is 33.7 Å². The van der Waals surface area contributed by atoms with Crippen LogP contribution in [-0.2, 0) is 25.7 Å². The Balaban J connectivity index is 0.727. The fraction of sp³-hybridized carbons (Fsp3) is 0.385. The van der Waals surface area contributed by atoms with Gasteiger partial charge in [0.05, 0.1) is 40.7 Å². The molecule has 16 heteroatoms. The van der Waals surface area contributed by atoms with Crippen molar-refractivity contribution in [3.05, 3.63) is 112 Å². The molecular weight excluding hydrogens is 965 g/mol. The number of thiophene rings is 1. The third kappa shape index (κ3) is 12.4. The number of hydrogen-bond donors (Lipinski definition) is 3. The Morgan fingerprint density at radius 3 is 2.25 bits per heavy atom. The van der Waals surface area contributed by atoms with Gasteiger partial charge in [-0.15, -0.1) is 22.7 Å². The van der Waals surface area contributed by atoms with Crippen LogP contribution in [0.15, 0.2) is 101 Å². The number of phenols is 1. The van der Waals surface area contributed by atoms with Gasteiger partial charge in [-0.2, -0.15) is 0 Å². The summed E-state index contributed by atoms with van der Waals surface area (Å²) in [5.41, 5.74) is 5.38. The van der Waals surface area contributed by atoms with Crippen LogP contribution in [0.25, 0.3) is 31.0 Å². The first-order chi connectivity index (χ1) is 32.8. The molecule has 8 rings (SSSR count). The molecule has 358 valence electrons. The Morgan fingerprint density at radius 1 is 0.853 bits per heavy atom. The number of piperazine rings is 1. The molecule has 0 saturated carbocycles. The van der Waals surface area contributed by atoms with Crippen molar-refractivity contribution in [3.8, 4) is 43.9 Å². The number of amides is 3. The summed E-state index contributed by atoms with van der Waals surface area (Å²) >= 11 is 6.70. The zero-order chi connectivity index (χ0) is 47.8. The molecule has 2 atom stereocenters. The highest BCUT2D eigenvalue weighted by Crippen LogP contribution is 2.47. The van der Waals surface area contributed by atoms with E-state index in [1.807, 2.05) is 112 Å². The molecule has 4 aromatic carbocycles. The summed E-state index contributed by atoms with van der Waals surface area (Å²) in [6, 6.07) is 27.7. The van der Waals surface area contributed by atoms with Crippen LogP contribution >= 0.6 is 38.6 Å². The molecule has 3 amide bonds. The standard InChI is InChI=1S/C52H59BrN6O7S2/c1-34-47(67-33-55-34)36-9-7-35(8-10-36)31-54-50(62)43-6-5-21-59(43)51(63)49(52(2,3)4)56-45(61)32-58-24-22-57(23-25-58)26-27-64-28-29-65-40-16-18-41(19-17-40)66-46-42-20-15-39(60)30-44(42)68-48(46)37-11-13-38(53)14-12-37/h7-20,30,33,43,49,60H,5-6,21-29,31-32H2,1-4H3,(H,54,62)(H,56,61)/t43-,49?/m0/s1. The average Bonchev–Trinajstić information content (AvgIpc) is 4.08. The number of nitrogens with zero attached hydrogens (tertiary/aromatic N) is 4. The molecule has 2 aromatic heterocycles. The highest BCUT2D eigenvalue weighted by Gasteiger charge is 2.42. The van der Waals surface area contributed by atoms with Crippen LogP contribution in [0.1, 0.15) is 44.9 Å². The van der Waals surface area contributed by atoms with Crippen molar-refractivity contribution in [3.63, 3.8) is 0 Å². The first-order valence-electron chi connectivity index (χ1n) is 23.1. The van der Waals surface area contributed by atoms with Crippen molar-refractivity contribution in [2.75, 3.05) is 65.6 Å². The maximum Gasteiger partial charge on any atom is 0.246 e. The van der Waals surface area contributed by atoms with Crippen LogP contribution < -0.4 is 20.1 Å². The van der Waals surface area contributed by atoms with Gasteiger partial charge in [0.2, 0.25) is 17.7 Å². The summed E-state index contributed by atoms with van der Waals surface area (Å²) in [6.45, 7) is 14.1. The number of hydrogen-bond acceptors (Lipinski definition) is 12. The third-order valence-corrected chi connectivity index (χ3v) is 15.0. The Hall–Kier alpha value is -5.36. The number of fused-ring (bicyclic) bond motifs is 1. The number of thiazole rings is 1. The summed E-state index contributed by atoms with van der Waals surface area (Å²) in [5, 5.41) is 17.1. The first kappa shape index (κ1) is 49.1. The number of ether oxygens (including phenoxy) is 3. The van der Waals surface area contributed by atoms with E-state index in [9.17, 15) is 19.5 Å². The number of phenolic OH excluding ortho intramolecular Hbond substituents is 1. The summed E-state index contributed by atoms with van der Waals surface area (Å²) < 4.78 is 20.3. The van der Waals surface area contributed by atoms with E-state index in [1.54, 1.807) is 39.7 Å². The lowest BCUT2D eigenvalue weighted by molar-refractivity contribution is -0.144. The van der Waals surface area contributed by atoms with E-state index >= 15 is 0 Å². The number of aromatic hydroxyl groups is 1. The predicted octanol–water partition coefficient (Wildman–Crippen LogP) is 9.11. The number of carbonyl (C=O) groups excluding carboxylic acids is 3. The minimum atomic E-state index is -0.769. The van der Waals surface area contributed by atoms with Gasteiger partial charge in [0, 0.05) is 60.4 Å². The normalized spacial score (nSPS) is 16.2. The van der Waals surface area contributed by atoms with E-state index in [0.717, 1.165) is 91.6 Å². The number of rotatable bonds is 18. The van der Waals surface area contributed by atoms with Gasteiger partial charge in [-0.1, -0.05) is 73.1 Å². The minimum absolute atomic E-state index is 0.178. The highest BCUT2D eigenvalue weighted by molar-refractivity contribution is 9.10. The monoisotopic (exact) mass is 1020 g/mol. The second-order valence-corrected chi connectivity index (χ2v) is 21.2. The third-order valence-electron chi connectivity index (χ3n) is 12.3. The minimum Gasteiger partial charge on any atom is -0.508 e. The number of likely N-dealkylation sites (tertiary alicyclic amines) is 1. The number of halogens is 1. The van der Waals surface area contributed by atoms with E-state index in [0.29, 0.717) is 50.8 Å². The van der Waals surface area contributed by atoms with E-state index in [2.05, 4.69) is 41.3 Å². The molecule has 4 heterocycles. The van der Waals surface area contributed by atoms with Crippen molar-refractivity contribution in [1.82, 2.24) is 30.3 Å². The molecule has 68 heavy (non-hydrogen) atoms.